The van der Waals surface area contributed by atoms with Crippen LogP contribution in [0.25, 0.3) is 0 Å². The van der Waals surface area contributed by atoms with Gasteiger partial charge in [0.2, 0.25) is 10.0 Å². The van der Waals surface area contributed by atoms with E-state index in [4.69, 9.17) is 30.5 Å². The van der Waals surface area contributed by atoms with Crippen LogP contribution in [0.1, 0.15) is 17.2 Å². The van der Waals surface area contributed by atoms with E-state index in [9.17, 15) is 8.42 Å². The van der Waals surface area contributed by atoms with Crippen molar-refractivity contribution in [3.63, 3.8) is 0 Å². The number of nitrogens with one attached hydrogen (secondary N) is 1. The lowest BCUT2D eigenvalue weighted by Crippen LogP contribution is -2.30. The SMILES string of the molecule is Br.COc1cc(Br)c(C(NS(=O)(=O)c2ccc(Cl)cc2)c2cc(OC)c(OC)cc2Br)cc1OC. The third-order valence-corrected chi connectivity index (χ3v) is 8.09. The van der Waals surface area contributed by atoms with E-state index in [1.807, 2.05) is 0 Å². The van der Waals surface area contributed by atoms with Gasteiger partial charge in [0.25, 0.3) is 0 Å². The highest BCUT2D eigenvalue weighted by molar-refractivity contribution is 9.10. The van der Waals surface area contributed by atoms with Crippen molar-refractivity contribution in [2.75, 3.05) is 28.4 Å². The predicted molar refractivity (Wildman–Crippen MR) is 148 cm³/mol. The Bertz CT molecular complexity index is 1230. The lowest BCUT2D eigenvalue weighted by Gasteiger charge is -2.24. The first-order chi connectivity index (χ1) is 16.1. The fourth-order valence-corrected chi connectivity index (χ4v) is 5.74. The van der Waals surface area contributed by atoms with Gasteiger partial charge in [-0.05, 0) is 59.7 Å². The molecule has 0 radical (unpaired) electrons. The molecule has 0 fully saturated rings. The third kappa shape index (κ3) is 6.64. The number of hydrogen-bond donors (Lipinski definition) is 1. The van der Waals surface area contributed by atoms with E-state index >= 15 is 0 Å². The molecule has 12 heteroatoms. The Morgan fingerprint density at radius 3 is 1.49 bits per heavy atom. The molecule has 0 bridgehead atoms. The molecule has 3 aromatic carbocycles. The van der Waals surface area contributed by atoms with Crippen LogP contribution in [0.4, 0.5) is 0 Å². The van der Waals surface area contributed by atoms with Gasteiger partial charge in [-0.2, -0.15) is 4.72 Å². The average molecular weight is 717 g/mol. The maximum absolute atomic E-state index is 13.4. The van der Waals surface area contributed by atoms with Gasteiger partial charge in [-0.3, -0.25) is 0 Å². The predicted octanol–water partition coefficient (Wildman–Crippen LogP) is 6.55. The van der Waals surface area contributed by atoms with Crippen molar-refractivity contribution in [1.29, 1.82) is 0 Å². The van der Waals surface area contributed by atoms with Crippen LogP contribution in [-0.4, -0.2) is 36.9 Å². The summed E-state index contributed by atoms with van der Waals surface area (Å²) in [5.74, 6) is 1.86. The van der Waals surface area contributed by atoms with E-state index in [2.05, 4.69) is 36.6 Å². The molecule has 190 valence electrons. The van der Waals surface area contributed by atoms with Crippen LogP contribution in [0.5, 0.6) is 23.0 Å². The Morgan fingerprint density at radius 2 is 1.11 bits per heavy atom. The Morgan fingerprint density at radius 1 is 0.743 bits per heavy atom. The second kappa shape index (κ2) is 12.6. The lowest BCUT2D eigenvalue weighted by molar-refractivity contribution is 0.353. The van der Waals surface area contributed by atoms with Gasteiger partial charge >= 0.3 is 0 Å². The fraction of sp³-hybridized carbons (Fsp3) is 0.217. The zero-order valence-corrected chi connectivity index (χ0v) is 25.6. The number of benzene rings is 3. The molecule has 0 atom stereocenters. The van der Waals surface area contributed by atoms with Crippen molar-refractivity contribution in [3.05, 3.63) is 73.6 Å². The van der Waals surface area contributed by atoms with Crippen molar-refractivity contribution in [3.8, 4) is 23.0 Å². The first-order valence-electron chi connectivity index (χ1n) is 9.75. The van der Waals surface area contributed by atoms with Gasteiger partial charge in [0.05, 0.1) is 39.4 Å². The van der Waals surface area contributed by atoms with Crippen LogP contribution in [0, 0.1) is 0 Å². The van der Waals surface area contributed by atoms with Gasteiger partial charge < -0.3 is 18.9 Å². The smallest absolute Gasteiger partial charge is 0.241 e. The second-order valence-electron chi connectivity index (χ2n) is 6.97. The van der Waals surface area contributed by atoms with Gasteiger partial charge in [-0.15, -0.1) is 17.0 Å². The van der Waals surface area contributed by atoms with E-state index in [0.717, 1.165) is 0 Å². The normalized spacial score (nSPS) is 11.1. The molecule has 0 unspecified atom stereocenters. The van der Waals surface area contributed by atoms with Crippen LogP contribution < -0.4 is 23.7 Å². The average Bonchev–Trinajstić information content (AvgIpc) is 2.82. The maximum atomic E-state index is 13.4. The van der Waals surface area contributed by atoms with Gasteiger partial charge in [-0.1, -0.05) is 43.5 Å². The molecule has 7 nitrogen and oxygen atoms in total. The molecule has 3 rings (SSSR count). The topological polar surface area (TPSA) is 83.1 Å². The highest BCUT2D eigenvalue weighted by Crippen LogP contribution is 2.43. The van der Waals surface area contributed by atoms with E-state index in [1.165, 1.54) is 52.7 Å². The number of halogens is 4. The first-order valence-corrected chi connectivity index (χ1v) is 13.2. The van der Waals surface area contributed by atoms with Crippen LogP contribution >= 0.6 is 60.4 Å². The van der Waals surface area contributed by atoms with Gasteiger partial charge in [0.1, 0.15) is 0 Å². The monoisotopic (exact) mass is 713 g/mol. The third-order valence-electron chi connectivity index (χ3n) is 5.02. The Balaban J connectivity index is 0.00000432. The van der Waals surface area contributed by atoms with Crippen LogP contribution in [0.3, 0.4) is 0 Å². The molecule has 0 heterocycles. The standard InChI is InChI=1S/C23H22Br2ClNO6S.BrH/c1-30-19-9-15(17(24)11-21(19)32-3)23(16-10-20(31-2)22(33-4)12-18(16)25)27-34(28,29)14-7-5-13(26)6-8-14;/h5-12,23,27H,1-4H3;1H. The van der Waals surface area contributed by atoms with Crippen molar-refractivity contribution >= 4 is 70.5 Å². The fourth-order valence-electron chi connectivity index (χ4n) is 3.31. The molecule has 0 saturated carbocycles. The molecule has 0 aliphatic rings. The number of sulfonamides is 1. The van der Waals surface area contributed by atoms with Gasteiger partial charge in [0.15, 0.2) is 23.0 Å². The molecule has 0 aromatic heterocycles. The first kappa shape index (κ1) is 29.7. The summed E-state index contributed by atoms with van der Waals surface area (Å²) in [6.07, 6.45) is 0. The minimum absolute atomic E-state index is 0. The zero-order chi connectivity index (χ0) is 25.0. The van der Waals surface area contributed by atoms with Gasteiger partial charge in [0, 0.05) is 14.0 Å². The van der Waals surface area contributed by atoms with Crippen LogP contribution in [0.2, 0.25) is 5.02 Å². The van der Waals surface area contributed by atoms with Crippen molar-refractivity contribution in [1.82, 2.24) is 4.72 Å². The molecule has 0 aliphatic heterocycles. The number of hydrogen-bond acceptors (Lipinski definition) is 6. The van der Waals surface area contributed by atoms with E-state index in [-0.39, 0.29) is 21.9 Å². The van der Waals surface area contributed by atoms with Crippen molar-refractivity contribution < 1.29 is 27.4 Å². The van der Waals surface area contributed by atoms with E-state index in [1.54, 1.807) is 24.3 Å². The van der Waals surface area contributed by atoms with Crippen molar-refractivity contribution in [2.45, 2.75) is 10.9 Å². The Hall–Kier alpha value is -1.50. The molecule has 0 amide bonds. The highest BCUT2D eigenvalue weighted by atomic mass is 79.9. The van der Waals surface area contributed by atoms with Crippen molar-refractivity contribution in [2.24, 2.45) is 0 Å². The van der Waals surface area contributed by atoms with E-state index < -0.39 is 16.1 Å². The summed E-state index contributed by atoms with van der Waals surface area (Å²) in [6.45, 7) is 0. The zero-order valence-electron chi connectivity index (χ0n) is 19.1. The minimum Gasteiger partial charge on any atom is -0.493 e. The highest BCUT2D eigenvalue weighted by Gasteiger charge is 2.29. The summed E-state index contributed by atoms with van der Waals surface area (Å²) in [6, 6.07) is 11.9. The number of rotatable bonds is 9. The molecule has 0 spiro atoms. The molecule has 35 heavy (non-hydrogen) atoms. The molecule has 0 aliphatic carbocycles. The minimum atomic E-state index is -3.97. The maximum Gasteiger partial charge on any atom is 0.241 e. The van der Waals surface area contributed by atoms with E-state index in [0.29, 0.717) is 48.1 Å². The Labute approximate surface area is 237 Å². The summed E-state index contributed by atoms with van der Waals surface area (Å²) in [7, 11) is 2.09. The molecule has 3 aromatic rings. The lowest BCUT2D eigenvalue weighted by atomic mass is 9.98. The molecular formula is C23H23Br3ClNO6S. The Kier molecular flexibility index (Phi) is 10.7. The van der Waals surface area contributed by atoms with Crippen LogP contribution in [-0.2, 0) is 10.0 Å². The van der Waals surface area contributed by atoms with Gasteiger partial charge in [-0.25, -0.2) is 8.42 Å². The summed E-state index contributed by atoms with van der Waals surface area (Å²) in [5, 5.41) is 0.431. The molecule has 1 N–H and O–H groups in total. The number of methoxy groups -OCH3 is 4. The summed E-state index contributed by atoms with van der Waals surface area (Å²) >= 11 is 13.0. The summed E-state index contributed by atoms with van der Waals surface area (Å²) in [5.41, 5.74) is 1.17. The molecular weight excluding hydrogens is 693 g/mol. The summed E-state index contributed by atoms with van der Waals surface area (Å²) < 4.78 is 52.5. The number of ether oxygens (including phenoxy) is 4. The second-order valence-corrected chi connectivity index (χ2v) is 10.8. The quantitative estimate of drug-likeness (QED) is 0.271. The molecule has 0 saturated heterocycles. The largest absolute Gasteiger partial charge is 0.493 e. The summed E-state index contributed by atoms with van der Waals surface area (Å²) in [4.78, 5) is 0.0649. The van der Waals surface area contributed by atoms with Crippen LogP contribution in [0.15, 0.2) is 62.4 Å².